The Labute approximate surface area is 223 Å². The molecule has 1 aliphatic carbocycles. The highest BCUT2D eigenvalue weighted by Crippen LogP contribution is 2.49. The molecule has 0 saturated carbocycles. The van der Waals surface area contributed by atoms with Crippen molar-refractivity contribution in [2.75, 3.05) is 14.2 Å². The summed E-state index contributed by atoms with van der Waals surface area (Å²) in [5.74, 6) is -1.68. The third-order valence-corrected chi connectivity index (χ3v) is 8.74. The van der Waals surface area contributed by atoms with Crippen molar-refractivity contribution in [2.45, 2.75) is 65.0 Å². The smallest absolute Gasteiger partial charge is 0.339 e. The van der Waals surface area contributed by atoms with Gasteiger partial charge < -0.3 is 18.9 Å². The van der Waals surface area contributed by atoms with Gasteiger partial charge in [0.15, 0.2) is 0 Å². The maximum atomic E-state index is 13.1. The van der Waals surface area contributed by atoms with Crippen LogP contribution in [0.4, 0.5) is 0 Å². The average molecular weight is 528 g/mol. The Balaban J connectivity index is 1.76. The Morgan fingerprint density at radius 2 is 2.00 bits per heavy atom. The first-order chi connectivity index (χ1) is 17.5. The quantitative estimate of drug-likeness (QED) is 0.277. The van der Waals surface area contributed by atoms with Crippen molar-refractivity contribution >= 4 is 29.4 Å². The summed E-state index contributed by atoms with van der Waals surface area (Å²) in [5, 5.41) is 2.82. The normalized spacial score (nSPS) is 34.7. The van der Waals surface area contributed by atoms with Crippen LogP contribution in [0, 0.1) is 30.6 Å². The van der Waals surface area contributed by atoms with Gasteiger partial charge in [0.25, 0.3) is 0 Å². The zero-order chi connectivity index (χ0) is 27.0. The van der Waals surface area contributed by atoms with E-state index in [1.54, 1.807) is 12.2 Å². The molecule has 0 aromatic carbocycles. The Kier molecular flexibility index (Phi) is 7.93. The number of nitrogens with zero attached hydrogens (tertiary/aromatic N) is 1. The average Bonchev–Trinajstić information content (AvgIpc) is 3.45. The molecule has 200 valence electrons. The summed E-state index contributed by atoms with van der Waals surface area (Å²) in [4.78, 5) is 30.5. The molecule has 3 aliphatic rings. The van der Waals surface area contributed by atoms with Gasteiger partial charge in [-0.3, -0.25) is 0 Å². The number of thiazole rings is 1. The lowest BCUT2D eigenvalue weighted by Crippen LogP contribution is -2.48. The minimum absolute atomic E-state index is 0.0146. The van der Waals surface area contributed by atoms with Crippen LogP contribution < -0.4 is 0 Å². The standard InChI is InChI=1S/C29H37NO6S/c1-17(2)21-10-8-18(3)22-15-25(35-26(31)11-9-20-16-37-19(4)30-20)28(5)12-13-29(34-7,36-28)24(14-23(21)22)27(32)33-6/h8-9,11-14,16-17,21-23,25H,10,15H2,1-7H3/b11-9+,24-14-/t21-,22+,23-,25+,28+,29-/m1/s1. The van der Waals surface area contributed by atoms with Crippen LogP contribution in [-0.4, -0.2) is 48.6 Å². The number of rotatable bonds is 6. The van der Waals surface area contributed by atoms with E-state index < -0.39 is 29.4 Å². The van der Waals surface area contributed by atoms with Crippen LogP contribution in [0.5, 0.6) is 0 Å². The van der Waals surface area contributed by atoms with Crippen molar-refractivity contribution in [2.24, 2.45) is 23.7 Å². The Morgan fingerprint density at radius 1 is 1.24 bits per heavy atom. The molecule has 6 atom stereocenters. The molecule has 4 rings (SSSR count). The van der Waals surface area contributed by atoms with Gasteiger partial charge in [0.05, 0.1) is 23.4 Å². The molecule has 0 saturated heterocycles. The van der Waals surface area contributed by atoms with E-state index in [0.717, 1.165) is 11.4 Å². The van der Waals surface area contributed by atoms with Gasteiger partial charge in [-0.1, -0.05) is 31.6 Å². The summed E-state index contributed by atoms with van der Waals surface area (Å²) in [7, 11) is 2.87. The summed E-state index contributed by atoms with van der Waals surface area (Å²) in [6, 6.07) is 0. The third kappa shape index (κ3) is 5.38. The molecule has 0 amide bonds. The van der Waals surface area contributed by atoms with Crippen LogP contribution in [-0.2, 0) is 28.5 Å². The van der Waals surface area contributed by atoms with E-state index in [1.165, 1.54) is 37.2 Å². The first kappa shape index (κ1) is 27.5. The van der Waals surface area contributed by atoms with Gasteiger partial charge >= 0.3 is 11.9 Å². The summed E-state index contributed by atoms with van der Waals surface area (Å²) in [5.41, 5.74) is 1.23. The van der Waals surface area contributed by atoms with Crippen LogP contribution in [0.2, 0.25) is 0 Å². The van der Waals surface area contributed by atoms with Crippen molar-refractivity contribution < 1.29 is 28.5 Å². The van der Waals surface area contributed by atoms with Crippen LogP contribution in [0.15, 0.2) is 46.9 Å². The molecule has 0 fully saturated rings. The van der Waals surface area contributed by atoms with Gasteiger partial charge in [0.1, 0.15) is 11.7 Å². The van der Waals surface area contributed by atoms with Gasteiger partial charge in [0.2, 0.25) is 5.79 Å². The number of ether oxygens (including phenoxy) is 4. The highest BCUT2D eigenvalue weighted by Gasteiger charge is 2.55. The maximum Gasteiger partial charge on any atom is 0.339 e. The minimum atomic E-state index is -1.44. The molecule has 8 heteroatoms. The highest BCUT2D eigenvalue weighted by atomic mass is 32.1. The molecule has 0 radical (unpaired) electrons. The molecule has 0 spiro atoms. The number of carbonyl (C=O) groups excluding carboxylic acids is 2. The second kappa shape index (κ2) is 10.7. The second-order valence-corrected chi connectivity index (χ2v) is 11.7. The fourth-order valence-corrected chi connectivity index (χ4v) is 6.37. The van der Waals surface area contributed by atoms with Gasteiger partial charge in [-0.25, -0.2) is 14.6 Å². The zero-order valence-corrected chi connectivity index (χ0v) is 23.5. The van der Waals surface area contributed by atoms with Crippen molar-refractivity contribution in [1.82, 2.24) is 4.98 Å². The Bertz CT molecular complexity index is 1160. The molecule has 37 heavy (non-hydrogen) atoms. The number of allylic oxidation sites excluding steroid dienone is 3. The van der Waals surface area contributed by atoms with Gasteiger partial charge in [-0.05, 0) is 75.5 Å². The Morgan fingerprint density at radius 3 is 2.62 bits per heavy atom. The third-order valence-electron chi connectivity index (χ3n) is 7.95. The number of hydrogen-bond acceptors (Lipinski definition) is 8. The summed E-state index contributed by atoms with van der Waals surface area (Å²) in [6.07, 6.45) is 11.7. The lowest BCUT2D eigenvalue weighted by molar-refractivity contribution is -0.227. The predicted octanol–water partition coefficient (Wildman–Crippen LogP) is 5.42. The first-order valence-electron chi connectivity index (χ1n) is 12.8. The second-order valence-electron chi connectivity index (χ2n) is 10.6. The van der Waals surface area contributed by atoms with Crippen molar-refractivity contribution in [3.8, 4) is 0 Å². The van der Waals surface area contributed by atoms with E-state index in [4.69, 9.17) is 18.9 Å². The summed E-state index contributed by atoms with van der Waals surface area (Å²) in [6.45, 7) is 10.3. The van der Waals surface area contributed by atoms with E-state index in [2.05, 4.69) is 31.8 Å². The maximum absolute atomic E-state index is 13.1. The van der Waals surface area contributed by atoms with Gasteiger partial charge in [-0.2, -0.15) is 0 Å². The molecule has 2 aliphatic heterocycles. The molecular weight excluding hydrogens is 490 g/mol. The minimum Gasteiger partial charge on any atom is -0.466 e. The van der Waals surface area contributed by atoms with Crippen LogP contribution in [0.1, 0.15) is 51.2 Å². The molecule has 7 nitrogen and oxygen atoms in total. The molecule has 0 unspecified atom stereocenters. The Hall–Kier alpha value is -2.55. The molecular formula is C29H37NO6S. The zero-order valence-electron chi connectivity index (χ0n) is 22.6. The largest absolute Gasteiger partial charge is 0.466 e. The highest BCUT2D eigenvalue weighted by molar-refractivity contribution is 7.09. The number of fused-ring (bicyclic) bond motifs is 3. The van der Waals surface area contributed by atoms with E-state index in [9.17, 15) is 9.59 Å². The lowest BCUT2D eigenvalue weighted by atomic mass is 9.65. The number of aromatic nitrogens is 1. The molecule has 1 aromatic heterocycles. The van der Waals surface area contributed by atoms with Crippen molar-refractivity contribution in [1.29, 1.82) is 0 Å². The number of methoxy groups -OCH3 is 2. The fraction of sp³-hybridized carbons (Fsp3) is 0.552. The molecule has 2 bridgehead atoms. The van der Waals surface area contributed by atoms with E-state index in [-0.39, 0.29) is 11.8 Å². The van der Waals surface area contributed by atoms with Crippen LogP contribution >= 0.6 is 11.3 Å². The predicted molar refractivity (Wildman–Crippen MR) is 143 cm³/mol. The van der Waals surface area contributed by atoms with Crippen molar-refractivity contribution in [3.05, 3.63) is 57.6 Å². The van der Waals surface area contributed by atoms with Crippen LogP contribution in [0.25, 0.3) is 6.08 Å². The van der Waals surface area contributed by atoms with E-state index in [0.29, 0.717) is 29.5 Å². The summed E-state index contributed by atoms with van der Waals surface area (Å²) >= 11 is 1.52. The monoisotopic (exact) mass is 527 g/mol. The number of hydrogen-bond donors (Lipinski definition) is 0. The molecule has 3 heterocycles. The van der Waals surface area contributed by atoms with Gasteiger partial charge in [0, 0.05) is 18.6 Å². The first-order valence-corrected chi connectivity index (χ1v) is 13.6. The molecule has 0 N–H and O–H groups in total. The lowest BCUT2D eigenvalue weighted by Gasteiger charge is -2.41. The van der Waals surface area contributed by atoms with Gasteiger partial charge in [-0.15, -0.1) is 11.3 Å². The van der Waals surface area contributed by atoms with Crippen LogP contribution in [0.3, 0.4) is 0 Å². The molecule has 1 aromatic rings. The van der Waals surface area contributed by atoms with E-state index in [1.807, 2.05) is 31.4 Å². The topological polar surface area (TPSA) is 84.0 Å². The van der Waals surface area contributed by atoms with Crippen molar-refractivity contribution in [3.63, 3.8) is 0 Å². The SMILES string of the molecule is COC(=O)/C1=C/[C@@H]2[C@@H](C(C)C)CC=C(C)[C@@H]2C[C@H](OC(=O)/C=C/c2csc(C)n2)[C@]2(C)C=C[C@@]1(OC)O2. The number of carbonyl (C=O) groups is 2. The van der Waals surface area contributed by atoms with E-state index >= 15 is 0 Å². The number of esters is 2. The summed E-state index contributed by atoms with van der Waals surface area (Å²) < 4.78 is 23.7. The number of aryl methyl sites for hydroxylation is 1. The fourth-order valence-electron chi connectivity index (χ4n) is 5.79.